The first-order chi connectivity index (χ1) is 21.3. The smallest absolute Gasteiger partial charge is 0.412 e. The Balaban J connectivity index is 1.37. The minimum Gasteiger partial charge on any atom is -0.457 e. The molecule has 3 aliphatic rings. The molecule has 1 saturated heterocycles. The third-order valence-electron chi connectivity index (χ3n) is 8.43. The van der Waals surface area contributed by atoms with E-state index in [9.17, 15) is 19.2 Å². The van der Waals surface area contributed by atoms with Crippen LogP contribution in [-0.4, -0.2) is 64.4 Å². The molecule has 0 aliphatic carbocycles. The van der Waals surface area contributed by atoms with E-state index in [0.29, 0.717) is 34.4 Å². The van der Waals surface area contributed by atoms with Gasteiger partial charge >= 0.3 is 18.2 Å². The molecule has 2 amide bonds. The predicted octanol–water partition coefficient (Wildman–Crippen LogP) is 4.39. The van der Waals surface area contributed by atoms with Gasteiger partial charge in [0.2, 0.25) is 5.60 Å². The fourth-order valence-corrected chi connectivity index (χ4v) is 6.22. The number of fused-ring (bicyclic) bond motifs is 5. The first-order valence-corrected chi connectivity index (χ1v) is 15.0. The van der Waals surface area contributed by atoms with Crippen molar-refractivity contribution in [2.45, 2.75) is 77.4 Å². The molecule has 6 rings (SSSR count). The average molecular weight is 622 g/mol. The SMILES string of the molecule is CC[C@@]1(OC(=O)N(C)C[C@@H]2CCCN2)C(=O)OCc2c1cc1n(c2=O)Cc2cc3cc(NC(=O)OC(C)(C)C)c(F)cc3nc2-1. The Bertz CT molecular complexity index is 1790. The van der Waals surface area contributed by atoms with Gasteiger partial charge < -0.3 is 29.0 Å². The van der Waals surface area contributed by atoms with Crippen LogP contribution >= 0.6 is 0 Å². The van der Waals surface area contributed by atoms with Crippen molar-refractivity contribution < 1.29 is 33.0 Å². The first kappa shape index (κ1) is 30.5. The number of ether oxygens (including phenoxy) is 3. The van der Waals surface area contributed by atoms with Gasteiger partial charge in [-0.3, -0.25) is 10.1 Å². The molecule has 1 fully saturated rings. The molecule has 13 heteroatoms. The quantitative estimate of drug-likeness (QED) is 0.245. The van der Waals surface area contributed by atoms with Gasteiger partial charge in [0.1, 0.15) is 18.0 Å². The Kier molecular flexibility index (Phi) is 7.54. The Morgan fingerprint density at radius 3 is 2.71 bits per heavy atom. The Morgan fingerprint density at radius 2 is 2.02 bits per heavy atom. The fourth-order valence-electron chi connectivity index (χ4n) is 6.22. The highest BCUT2D eigenvalue weighted by Crippen LogP contribution is 2.41. The molecule has 12 nitrogen and oxygen atoms in total. The lowest BCUT2D eigenvalue weighted by atomic mass is 9.85. The van der Waals surface area contributed by atoms with Crippen molar-refractivity contribution in [2.24, 2.45) is 0 Å². The lowest BCUT2D eigenvalue weighted by Gasteiger charge is -2.36. The summed E-state index contributed by atoms with van der Waals surface area (Å²) >= 11 is 0. The maximum atomic E-state index is 15.1. The van der Waals surface area contributed by atoms with Crippen LogP contribution in [0.4, 0.5) is 19.7 Å². The standard InChI is InChI=1S/C32H36FN5O7/c1-6-32(45-30(42)37(5)15-19-8-7-9-34-19)21-12-25-26-18(14-38(25)27(39)20(21)16-43-28(32)40)10-17-11-24(22(33)13-23(17)35-26)36-29(41)44-31(2,3)4/h10-13,19,34H,6-9,14-16H2,1-5H3,(H,36,41)/t19-,32-/m0/s1. The lowest BCUT2D eigenvalue weighted by Crippen LogP contribution is -2.50. The van der Waals surface area contributed by atoms with Crippen LogP contribution < -0.4 is 16.2 Å². The molecule has 0 radical (unpaired) electrons. The zero-order valence-corrected chi connectivity index (χ0v) is 25.9. The number of hydrogen-bond acceptors (Lipinski definition) is 9. The van der Waals surface area contributed by atoms with Crippen molar-refractivity contribution in [3.63, 3.8) is 0 Å². The zero-order valence-electron chi connectivity index (χ0n) is 25.9. The van der Waals surface area contributed by atoms with E-state index in [1.54, 1.807) is 46.9 Å². The van der Waals surface area contributed by atoms with Crippen LogP contribution in [0.2, 0.25) is 0 Å². The van der Waals surface area contributed by atoms with Crippen LogP contribution in [0, 0.1) is 5.82 Å². The molecule has 2 atom stereocenters. The maximum Gasteiger partial charge on any atom is 0.412 e. The zero-order chi connectivity index (χ0) is 32.3. The summed E-state index contributed by atoms with van der Waals surface area (Å²) < 4.78 is 33.2. The van der Waals surface area contributed by atoms with Gasteiger partial charge in [-0.2, -0.15) is 0 Å². The summed E-state index contributed by atoms with van der Waals surface area (Å²) in [5.74, 6) is -1.46. The number of nitrogens with one attached hydrogen (secondary N) is 2. The van der Waals surface area contributed by atoms with Crippen molar-refractivity contribution in [3.05, 3.63) is 57.1 Å². The van der Waals surface area contributed by atoms with E-state index < -0.39 is 40.7 Å². The van der Waals surface area contributed by atoms with Crippen molar-refractivity contribution in [1.82, 2.24) is 19.8 Å². The third kappa shape index (κ3) is 5.49. The summed E-state index contributed by atoms with van der Waals surface area (Å²) in [5.41, 5.74) is -0.728. The second kappa shape index (κ2) is 11.1. The first-order valence-electron chi connectivity index (χ1n) is 15.0. The highest BCUT2D eigenvalue weighted by Gasteiger charge is 2.51. The molecule has 3 aliphatic heterocycles. The largest absolute Gasteiger partial charge is 0.457 e. The molecule has 238 valence electrons. The number of amides is 2. The number of cyclic esters (lactones) is 1. The topological polar surface area (TPSA) is 141 Å². The molecule has 2 N–H and O–H groups in total. The van der Waals surface area contributed by atoms with Gasteiger partial charge in [0.15, 0.2) is 0 Å². The monoisotopic (exact) mass is 621 g/mol. The molecule has 0 spiro atoms. The Labute approximate surface area is 258 Å². The number of halogens is 1. The number of benzene rings is 1. The molecule has 45 heavy (non-hydrogen) atoms. The van der Waals surface area contributed by atoms with Crippen molar-refractivity contribution in [3.8, 4) is 11.4 Å². The van der Waals surface area contributed by atoms with E-state index in [1.165, 1.54) is 21.6 Å². The number of nitrogens with zero attached hydrogens (tertiary/aromatic N) is 3. The molecule has 0 unspecified atom stereocenters. The van der Waals surface area contributed by atoms with Crippen molar-refractivity contribution in [1.29, 1.82) is 0 Å². The van der Waals surface area contributed by atoms with E-state index in [1.807, 2.05) is 0 Å². The molecule has 5 heterocycles. The summed E-state index contributed by atoms with van der Waals surface area (Å²) in [6, 6.07) is 6.23. The summed E-state index contributed by atoms with van der Waals surface area (Å²) in [6.07, 6.45) is 0.489. The maximum absolute atomic E-state index is 15.1. The number of rotatable bonds is 5. The van der Waals surface area contributed by atoms with Crippen LogP contribution in [0.25, 0.3) is 22.3 Å². The number of hydrogen-bond donors (Lipinski definition) is 2. The van der Waals surface area contributed by atoms with Gasteiger partial charge in [-0.15, -0.1) is 0 Å². The number of likely N-dealkylation sites (N-methyl/N-ethyl adjacent to an activating group) is 1. The highest BCUT2D eigenvalue weighted by atomic mass is 19.1. The van der Waals surface area contributed by atoms with E-state index >= 15 is 4.39 Å². The number of esters is 1. The minimum absolute atomic E-state index is 0.0413. The van der Waals surface area contributed by atoms with Crippen LogP contribution in [0.15, 0.2) is 29.1 Å². The molecule has 0 bridgehead atoms. The van der Waals surface area contributed by atoms with Gasteiger partial charge in [-0.05, 0) is 64.8 Å². The molecule has 3 aromatic rings. The van der Waals surface area contributed by atoms with Crippen LogP contribution in [0.1, 0.15) is 63.6 Å². The van der Waals surface area contributed by atoms with Crippen LogP contribution in [0.5, 0.6) is 0 Å². The number of pyridine rings is 2. The second-order valence-corrected chi connectivity index (χ2v) is 12.8. The summed E-state index contributed by atoms with van der Waals surface area (Å²) in [6.45, 7) is 8.01. The van der Waals surface area contributed by atoms with Gasteiger partial charge in [-0.1, -0.05) is 6.92 Å². The number of aromatic nitrogens is 2. The molecule has 2 aromatic heterocycles. The van der Waals surface area contributed by atoms with Gasteiger partial charge in [0.25, 0.3) is 5.56 Å². The lowest BCUT2D eigenvalue weighted by molar-refractivity contribution is -0.173. The fraction of sp³-hybridized carbons (Fsp3) is 0.469. The third-order valence-corrected chi connectivity index (χ3v) is 8.43. The van der Waals surface area contributed by atoms with Gasteiger partial charge in [0, 0.05) is 42.2 Å². The minimum atomic E-state index is -1.83. The van der Waals surface area contributed by atoms with E-state index in [2.05, 4.69) is 15.6 Å². The highest BCUT2D eigenvalue weighted by molar-refractivity contribution is 5.92. The van der Waals surface area contributed by atoms with E-state index in [4.69, 9.17) is 14.2 Å². The molecular weight excluding hydrogens is 585 g/mol. The average Bonchev–Trinajstić information content (AvgIpc) is 3.61. The van der Waals surface area contributed by atoms with E-state index in [-0.39, 0.29) is 42.4 Å². The summed E-state index contributed by atoms with van der Waals surface area (Å²) in [7, 11) is 1.61. The predicted molar refractivity (Wildman–Crippen MR) is 162 cm³/mol. The number of anilines is 1. The molecule has 1 aromatic carbocycles. The molecule has 0 saturated carbocycles. The van der Waals surface area contributed by atoms with Gasteiger partial charge in [0.05, 0.1) is 34.7 Å². The normalized spacial score (nSPS) is 20.2. The second-order valence-electron chi connectivity index (χ2n) is 12.8. The van der Waals surface area contributed by atoms with Crippen molar-refractivity contribution >= 4 is 34.7 Å². The van der Waals surface area contributed by atoms with Crippen LogP contribution in [0.3, 0.4) is 0 Å². The summed E-state index contributed by atoms with van der Waals surface area (Å²) in [5, 5.41) is 6.32. The Morgan fingerprint density at radius 1 is 1.24 bits per heavy atom. The van der Waals surface area contributed by atoms with E-state index in [0.717, 1.165) is 19.4 Å². The number of carbonyl (C=O) groups excluding carboxylic acids is 3. The van der Waals surface area contributed by atoms with Crippen molar-refractivity contribution in [2.75, 3.05) is 25.5 Å². The summed E-state index contributed by atoms with van der Waals surface area (Å²) in [4.78, 5) is 58.8. The Hall–Kier alpha value is -4.52. The number of carbonyl (C=O) groups is 3. The van der Waals surface area contributed by atoms with Crippen LogP contribution in [-0.2, 0) is 37.8 Å². The molecular formula is C32H36FN5O7. The van der Waals surface area contributed by atoms with Gasteiger partial charge in [-0.25, -0.2) is 23.8 Å².